The van der Waals surface area contributed by atoms with Crippen LogP contribution in [0.4, 0.5) is 4.79 Å². The lowest BCUT2D eigenvalue weighted by Crippen LogP contribution is -2.50. The summed E-state index contributed by atoms with van der Waals surface area (Å²) in [5, 5.41) is 14.5. The molecule has 0 heterocycles. The predicted molar refractivity (Wildman–Crippen MR) is 77.4 cm³/mol. The Kier molecular flexibility index (Phi) is 6.48. The molecule has 110 valence electrons. The lowest BCUT2D eigenvalue weighted by Gasteiger charge is -2.21. The molecule has 3 N–H and O–H groups in total. The molecule has 0 bridgehead atoms. The largest absolute Gasteiger partial charge is 0.480 e. The average molecular weight is 288 g/mol. The third-order valence-electron chi connectivity index (χ3n) is 4.00. The Morgan fingerprint density at radius 1 is 1.37 bits per heavy atom. The molecule has 0 spiro atoms. The van der Waals surface area contributed by atoms with Gasteiger partial charge in [-0.3, -0.25) is 0 Å². The maximum atomic E-state index is 11.8. The van der Waals surface area contributed by atoms with Gasteiger partial charge in [-0.2, -0.15) is 11.8 Å². The van der Waals surface area contributed by atoms with Gasteiger partial charge in [-0.15, -0.1) is 0 Å². The molecule has 0 aliphatic heterocycles. The molecule has 2 amide bonds. The first kappa shape index (κ1) is 16.1. The van der Waals surface area contributed by atoms with Crippen molar-refractivity contribution >= 4 is 23.8 Å². The van der Waals surface area contributed by atoms with Crippen molar-refractivity contribution in [1.29, 1.82) is 0 Å². The summed E-state index contributed by atoms with van der Waals surface area (Å²) in [4.78, 5) is 22.9. The van der Waals surface area contributed by atoms with Crippen LogP contribution in [0.1, 0.15) is 33.1 Å². The maximum Gasteiger partial charge on any atom is 0.326 e. The van der Waals surface area contributed by atoms with E-state index in [0.717, 1.165) is 12.8 Å². The Balaban J connectivity index is 2.42. The van der Waals surface area contributed by atoms with Crippen molar-refractivity contribution in [2.75, 3.05) is 12.0 Å². The number of hydrogen-bond acceptors (Lipinski definition) is 3. The highest BCUT2D eigenvalue weighted by Crippen LogP contribution is 2.30. The minimum Gasteiger partial charge on any atom is -0.480 e. The van der Waals surface area contributed by atoms with Gasteiger partial charge >= 0.3 is 12.0 Å². The molecule has 0 saturated heterocycles. The molecular formula is C13H24N2O3S. The molecule has 0 aromatic rings. The molecule has 0 radical (unpaired) electrons. The molecule has 0 aromatic heterocycles. The van der Waals surface area contributed by atoms with Crippen LogP contribution in [-0.2, 0) is 4.79 Å². The van der Waals surface area contributed by atoms with Crippen LogP contribution in [0.3, 0.4) is 0 Å². The second-order valence-corrected chi connectivity index (χ2v) is 6.30. The van der Waals surface area contributed by atoms with E-state index in [1.54, 1.807) is 11.8 Å². The van der Waals surface area contributed by atoms with Gasteiger partial charge < -0.3 is 15.7 Å². The minimum atomic E-state index is -0.975. The number of rotatable bonds is 6. The first-order valence-electron chi connectivity index (χ1n) is 6.74. The van der Waals surface area contributed by atoms with Crippen LogP contribution in [0, 0.1) is 11.8 Å². The molecule has 1 aliphatic rings. The average Bonchev–Trinajstić information content (AvgIpc) is 2.66. The van der Waals surface area contributed by atoms with E-state index < -0.39 is 12.0 Å². The van der Waals surface area contributed by atoms with Crippen molar-refractivity contribution in [3.05, 3.63) is 0 Å². The first-order valence-corrected chi connectivity index (χ1v) is 8.13. The number of amides is 2. The molecule has 5 nitrogen and oxygen atoms in total. The van der Waals surface area contributed by atoms with Gasteiger partial charge in [0.2, 0.25) is 0 Å². The van der Waals surface area contributed by atoms with E-state index in [1.165, 1.54) is 0 Å². The number of aliphatic carboxylic acids is 1. The minimum absolute atomic E-state index is 0.157. The lowest BCUT2D eigenvalue weighted by atomic mass is 9.98. The van der Waals surface area contributed by atoms with Crippen molar-refractivity contribution < 1.29 is 14.7 Å². The molecule has 1 aliphatic carbocycles. The van der Waals surface area contributed by atoms with Gasteiger partial charge in [-0.25, -0.2) is 9.59 Å². The fourth-order valence-electron chi connectivity index (χ4n) is 2.43. The van der Waals surface area contributed by atoms with Crippen LogP contribution in [0.25, 0.3) is 0 Å². The Morgan fingerprint density at radius 2 is 2.05 bits per heavy atom. The van der Waals surface area contributed by atoms with Gasteiger partial charge in [-0.1, -0.05) is 13.8 Å². The summed E-state index contributed by atoms with van der Waals surface area (Å²) in [5.41, 5.74) is 0. The summed E-state index contributed by atoms with van der Waals surface area (Å²) >= 11 is 1.57. The Labute approximate surface area is 118 Å². The molecule has 19 heavy (non-hydrogen) atoms. The molecule has 0 aromatic carbocycles. The maximum absolute atomic E-state index is 11.8. The zero-order valence-electron chi connectivity index (χ0n) is 11.8. The zero-order valence-corrected chi connectivity index (χ0v) is 12.6. The summed E-state index contributed by atoms with van der Waals surface area (Å²) in [5.74, 6) is 0.794. The van der Waals surface area contributed by atoms with E-state index in [4.69, 9.17) is 5.11 Å². The normalized spacial score (nSPS) is 27.8. The topological polar surface area (TPSA) is 78.4 Å². The first-order chi connectivity index (χ1) is 8.95. The fraction of sp³-hybridized carbons (Fsp3) is 0.846. The summed E-state index contributed by atoms with van der Waals surface area (Å²) in [6, 6.07) is -1.01. The summed E-state index contributed by atoms with van der Waals surface area (Å²) in [6.07, 6.45) is 4.44. The fourth-order valence-corrected chi connectivity index (χ4v) is 2.90. The van der Waals surface area contributed by atoms with E-state index in [2.05, 4.69) is 24.5 Å². The highest BCUT2D eigenvalue weighted by atomic mass is 32.2. The van der Waals surface area contributed by atoms with E-state index >= 15 is 0 Å². The summed E-state index contributed by atoms with van der Waals surface area (Å²) in [7, 11) is 0. The lowest BCUT2D eigenvalue weighted by molar-refractivity contribution is -0.139. The van der Waals surface area contributed by atoms with Crippen molar-refractivity contribution in [3.63, 3.8) is 0 Å². The highest BCUT2D eigenvalue weighted by molar-refractivity contribution is 7.98. The van der Waals surface area contributed by atoms with Gasteiger partial charge in [0.25, 0.3) is 0 Å². The number of carbonyl (C=O) groups excluding carboxylic acids is 1. The standard InChI is InChI=1S/C13H24N2O3S/c1-8-4-5-10(9(8)2)14-13(18)15-11(12(16)17)6-7-19-3/h8-11H,4-7H2,1-3H3,(H,16,17)(H2,14,15,18). The number of urea groups is 1. The molecule has 1 rings (SSSR count). The predicted octanol–water partition coefficient (Wildman–Crippen LogP) is 1.93. The van der Waals surface area contributed by atoms with E-state index in [1.807, 2.05) is 6.26 Å². The van der Waals surface area contributed by atoms with E-state index in [0.29, 0.717) is 24.0 Å². The number of hydrogen-bond donors (Lipinski definition) is 3. The summed E-state index contributed by atoms with van der Waals surface area (Å²) in [6.45, 7) is 4.31. The second kappa shape index (κ2) is 7.62. The molecule has 1 fully saturated rings. The zero-order chi connectivity index (χ0) is 14.4. The number of nitrogens with one attached hydrogen (secondary N) is 2. The van der Waals surface area contributed by atoms with Crippen molar-refractivity contribution in [2.24, 2.45) is 11.8 Å². The number of thioether (sulfide) groups is 1. The third kappa shape index (κ3) is 4.93. The number of carboxylic acid groups (broad SMARTS) is 1. The molecule has 6 heteroatoms. The third-order valence-corrected chi connectivity index (χ3v) is 4.64. The molecule has 1 saturated carbocycles. The monoisotopic (exact) mass is 288 g/mol. The van der Waals surface area contributed by atoms with E-state index in [-0.39, 0.29) is 12.1 Å². The number of carbonyl (C=O) groups is 2. The van der Waals surface area contributed by atoms with Gasteiger partial charge in [0, 0.05) is 6.04 Å². The molecule has 4 unspecified atom stereocenters. The quantitative estimate of drug-likeness (QED) is 0.698. The molecule has 4 atom stereocenters. The SMILES string of the molecule is CSCCC(NC(=O)NC1CCC(C)C1C)C(=O)O. The number of carboxylic acids is 1. The van der Waals surface area contributed by atoms with Crippen LogP contribution in [-0.4, -0.2) is 41.2 Å². The van der Waals surface area contributed by atoms with Crippen LogP contribution < -0.4 is 10.6 Å². The van der Waals surface area contributed by atoms with Crippen LogP contribution in [0.15, 0.2) is 0 Å². The van der Waals surface area contributed by atoms with Crippen molar-refractivity contribution in [2.45, 2.75) is 45.2 Å². The molecular weight excluding hydrogens is 264 g/mol. The Bertz CT molecular complexity index is 325. The Hall–Kier alpha value is -0.910. The smallest absolute Gasteiger partial charge is 0.326 e. The van der Waals surface area contributed by atoms with E-state index in [9.17, 15) is 9.59 Å². The van der Waals surface area contributed by atoms with Crippen LogP contribution in [0.2, 0.25) is 0 Å². The highest BCUT2D eigenvalue weighted by Gasteiger charge is 2.31. The van der Waals surface area contributed by atoms with Crippen molar-refractivity contribution in [3.8, 4) is 0 Å². The van der Waals surface area contributed by atoms with Crippen LogP contribution >= 0.6 is 11.8 Å². The van der Waals surface area contributed by atoms with Gasteiger partial charge in [0.1, 0.15) is 6.04 Å². The van der Waals surface area contributed by atoms with Gasteiger partial charge in [0.15, 0.2) is 0 Å². The Morgan fingerprint density at radius 3 is 2.53 bits per heavy atom. The van der Waals surface area contributed by atoms with Gasteiger partial charge in [0.05, 0.1) is 0 Å². The van der Waals surface area contributed by atoms with Gasteiger partial charge in [-0.05, 0) is 43.1 Å². The second-order valence-electron chi connectivity index (χ2n) is 5.31. The van der Waals surface area contributed by atoms with Crippen molar-refractivity contribution in [1.82, 2.24) is 10.6 Å². The van der Waals surface area contributed by atoms with Crippen LogP contribution in [0.5, 0.6) is 0 Å². The summed E-state index contributed by atoms with van der Waals surface area (Å²) < 4.78 is 0.